The van der Waals surface area contributed by atoms with Crippen molar-refractivity contribution in [3.63, 3.8) is 0 Å². The molecule has 0 saturated heterocycles. The van der Waals surface area contributed by atoms with Gasteiger partial charge in [-0.2, -0.15) is 0 Å². The smallest absolute Gasteiger partial charge is 0.342 e. The zero-order valence-corrected chi connectivity index (χ0v) is 14.6. The fourth-order valence-electron chi connectivity index (χ4n) is 1.94. The predicted molar refractivity (Wildman–Crippen MR) is 83.9 cm³/mol. The first-order chi connectivity index (χ1) is 10.8. The van der Waals surface area contributed by atoms with Crippen LogP contribution in [0, 0.1) is 5.82 Å². The number of hydrogen-bond acceptors (Lipinski definition) is 5. The predicted octanol–water partition coefficient (Wildman–Crippen LogP) is 3.22. The molecule has 0 bridgehead atoms. The van der Waals surface area contributed by atoms with Crippen molar-refractivity contribution in [2.24, 2.45) is 0 Å². The molecule has 2 rings (SSSR count). The number of rotatable bonds is 4. The normalized spacial score (nSPS) is 11.1. The molecule has 0 aliphatic heterocycles. The van der Waals surface area contributed by atoms with Gasteiger partial charge in [-0.15, -0.1) is 0 Å². The minimum atomic E-state index is -4.12. The first kappa shape index (κ1) is 17.4. The molecule has 23 heavy (non-hydrogen) atoms. The maximum atomic E-state index is 14.1. The molecule has 0 heterocycles. The van der Waals surface area contributed by atoms with E-state index in [4.69, 9.17) is 4.74 Å². The van der Waals surface area contributed by atoms with Gasteiger partial charge in [-0.3, -0.25) is 0 Å². The van der Waals surface area contributed by atoms with Gasteiger partial charge in [-0.05, 0) is 36.4 Å². The first-order valence-electron chi connectivity index (χ1n) is 6.27. The summed E-state index contributed by atoms with van der Waals surface area (Å²) in [6, 6.07) is 7.70. The molecule has 2 aromatic carbocycles. The summed E-state index contributed by atoms with van der Waals surface area (Å²) in [7, 11) is -1.62. The standard InChI is InChI=1S/C15H12BrFO5S/c1-21-10-3-5-11(6-4-10)23(19,20)13-8-9(16)7-12(17)14(13)15(18)22-2/h3-8H,1-2H3. The van der Waals surface area contributed by atoms with Crippen LogP contribution >= 0.6 is 15.9 Å². The highest BCUT2D eigenvalue weighted by atomic mass is 79.9. The van der Waals surface area contributed by atoms with Gasteiger partial charge in [0.05, 0.1) is 24.0 Å². The van der Waals surface area contributed by atoms with Crippen LogP contribution in [0.15, 0.2) is 50.7 Å². The lowest BCUT2D eigenvalue weighted by atomic mass is 10.2. The molecule has 0 N–H and O–H groups in total. The zero-order valence-electron chi connectivity index (χ0n) is 12.2. The molecule has 0 spiro atoms. The van der Waals surface area contributed by atoms with Gasteiger partial charge in [0, 0.05) is 4.47 Å². The zero-order chi connectivity index (χ0) is 17.2. The molecular weight excluding hydrogens is 391 g/mol. The highest BCUT2D eigenvalue weighted by Gasteiger charge is 2.28. The molecule has 0 atom stereocenters. The summed E-state index contributed by atoms with van der Waals surface area (Å²) in [4.78, 5) is 11.2. The maximum Gasteiger partial charge on any atom is 0.342 e. The molecular formula is C15H12BrFO5S. The van der Waals surface area contributed by atoms with Crippen molar-refractivity contribution in [2.75, 3.05) is 14.2 Å². The van der Waals surface area contributed by atoms with Crippen LogP contribution < -0.4 is 4.74 Å². The van der Waals surface area contributed by atoms with Gasteiger partial charge >= 0.3 is 5.97 Å². The Hall–Kier alpha value is -1.93. The lowest BCUT2D eigenvalue weighted by Gasteiger charge is -2.11. The summed E-state index contributed by atoms with van der Waals surface area (Å²) in [5.74, 6) is -1.59. The van der Waals surface area contributed by atoms with Gasteiger partial charge in [0.25, 0.3) is 0 Å². The molecule has 5 nitrogen and oxygen atoms in total. The van der Waals surface area contributed by atoms with E-state index in [1.807, 2.05) is 0 Å². The van der Waals surface area contributed by atoms with Crippen LogP contribution in [0.1, 0.15) is 10.4 Å². The van der Waals surface area contributed by atoms with Gasteiger partial charge in [0.15, 0.2) is 0 Å². The number of carbonyl (C=O) groups is 1. The number of halogens is 2. The molecule has 0 aliphatic rings. The van der Waals surface area contributed by atoms with Crippen LogP contribution in [0.3, 0.4) is 0 Å². The summed E-state index contributed by atoms with van der Waals surface area (Å²) in [5.41, 5.74) is -0.633. The molecule has 0 unspecified atom stereocenters. The summed E-state index contributed by atoms with van der Waals surface area (Å²) >= 11 is 3.03. The topological polar surface area (TPSA) is 69.7 Å². The summed E-state index contributed by atoms with van der Waals surface area (Å²) in [6.07, 6.45) is 0. The highest BCUT2D eigenvalue weighted by Crippen LogP contribution is 2.30. The van der Waals surface area contributed by atoms with E-state index in [1.54, 1.807) is 0 Å². The van der Waals surface area contributed by atoms with Crippen molar-refractivity contribution < 1.29 is 27.1 Å². The largest absolute Gasteiger partial charge is 0.497 e. The molecule has 0 aliphatic carbocycles. The van der Waals surface area contributed by atoms with Crippen LogP contribution in [0.2, 0.25) is 0 Å². The van der Waals surface area contributed by atoms with Crippen molar-refractivity contribution in [1.82, 2.24) is 0 Å². The second-order valence-corrected chi connectivity index (χ2v) is 7.27. The number of methoxy groups -OCH3 is 2. The molecule has 0 radical (unpaired) electrons. The second kappa shape index (κ2) is 6.67. The van der Waals surface area contributed by atoms with Crippen LogP contribution in [0.25, 0.3) is 0 Å². The van der Waals surface area contributed by atoms with Crippen molar-refractivity contribution in [3.8, 4) is 5.75 Å². The highest BCUT2D eigenvalue weighted by molar-refractivity contribution is 9.10. The summed E-state index contributed by atoms with van der Waals surface area (Å²) in [6.45, 7) is 0. The maximum absolute atomic E-state index is 14.1. The summed E-state index contributed by atoms with van der Waals surface area (Å²) in [5, 5.41) is 0. The molecule has 2 aromatic rings. The van der Waals surface area contributed by atoms with E-state index >= 15 is 0 Å². The van der Waals surface area contributed by atoms with E-state index in [-0.39, 0.29) is 9.37 Å². The van der Waals surface area contributed by atoms with E-state index in [0.717, 1.165) is 19.2 Å². The third-order valence-electron chi connectivity index (χ3n) is 3.07. The Morgan fingerprint density at radius 1 is 1.13 bits per heavy atom. The second-order valence-electron chi connectivity index (χ2n) is 4.43. The van der Waals surface area contributed by atoms with Gasteiger partial charge in [0.2, 0.25) is 9.84 Å². The molecule has 8 heteroatoms. The third-order valence-corrected chi connectivity index (χ3v) is 5.32. The number of sulfone groups is 1. The van der Waals surface area contributed by atoms with Crippen molar-refractivity contribution in [2.45, 2.75) is 9.79 Å². The van der Waals surface area contributed by atoms with Crippen LogP contribution in [0.4, 0.5) is 4.39 Å². The Labute approximate surface area is 141 Å². The summed E-state index contributed by atoms with van der Waals surface area (Å²) < 4.78 is 49.2. The van der Waals surface area contributed by atoms with Crippen molar-refractivity contribution in [3.05, 3.63) is 52.3 Å². The van der Waals surface area contributed by atoms with E-state index < -0.39 is 32.1 Å². The van der Waals surface area contributed by atoms with Gasteiger partial charge in [-0.1, -0.05) is 15.9 Å². The van der Waals surface area contributed by atoms with E-state index in [9.17, 15) is 17.6 Å². The van der Waals surface area contributed by atoms with Crippen molar-refractivity contribution in [1.29, 1.82) is 0 Å². The third kappa shape index (κ3) is 3.37. The average molecular weight is 403 g/mol. The Kier molecular flexibility index (Phi) is 5.06. The number of carbonyl (C=O) groups excluding carboxylic acids is 1. The number of esters is 1. The Morgan fingerprint density at radius 2 is 1.74 bits per heavy atom. The Bertz CT molecular complexity index is 847. The lowest BCUT2D eigenvalue weighted by Crippen LogP contribution is -2.13. The van der Waals surface area contributed by atoms with E-state index in [2.05, 4.69) is 20.7 Å². The SMILES string of the molecule is COC(=O)c1c(F)cc(Br)cc1S(=O)(=O)c1ccc(OC)cc1. The molecule has 122 valence electrons. The first-order valence-corrected chi connectivity index (χ1v) is 8.55. The minimum absolute atomic E-state index is 0.0963. The minimum Gasteiger partial charge on any atom is -0.497 e. The van der Waals surface area contributed by atoms with Crippen LogP contribution in [-0.2, 0) is 14.6 Å². The molecule has 0 saturated carbocycles. The quantitative estimate of drug-likeness (QED) is 0.734. The van der Waals surface area contributed by atoms with Crippen LogP contribution in [0.5, 0.6) is 5.75 Å². The van der Waals surface area contributed by atoms with Crippen LogP contribution in [-0.4, -0.2) is 28.6 Å². The van der Waals surface area contributed by atoms with Gasteiger partial charge in [0.1, 0.15) is 17.1 Å². The Morgan fingerprint density at radius 3 is 2.26 bits per heavy atom. The molecule has 0 aromatic heterocycles. The van der Waals surface area contributed by atoms with E-state index in [0.29, 0.717) is 5.75 Å². The average Bonchev–Trinajstić information content (AvgIpc) is 2.53. The fraction of sp³-hybridized carbons (Fsp3) is 0.133. The van der Waals surface area contributed by atoms with Gasteiger partial charge in [-0.25, -0.2) is 17.6 Å². The molecule has 0 fully saturated rings. The van der Waals surface area contributed by atoms with E-state index in [1.165, 1.54) is 31.4 Å². The lowest BCUT2D eigenvalue weighted by molar-refractivity contribution is 0.0590. The molecule has 0 amide bonds. The van der Waals surface area contributed by atoms with Gasteiger partial charge < -0.3 is 9.47 Å². The Balaban J connectivity index is 2.69. The number of benzene rings is 2. The fourth-order valence-corrected chi connectivity index (χ4v) is 4.01. The monoisotopic (exact) mass is 402 g/mol. The van der Waals surface area contributed by atoms with Crippen molar-refractivity contribution >= 4 is 31.7 Å². The number of ether oxygens (including phenoxy) is 2. The number of hydrogen-bond donors (Lipinski definition) is 0.